The molecular formula is C20H29N4O2S2+. The Morgan fingerprint density at radius 1 is 1.11 bits per heavy atom. The number of thiocarbonyl (C=S) groups is 1. The van der Waals surface area contributed by atoms with Crippen LogP contribution in [0.4, 0.5) is 5.69 Å². The van der Waals surface area contributed by atoms with Gasteiger partial charge < -0.3 is 15.5 Å². The first-order valence-corrected chi connectivity index (χ1v) is 11.1. The van der Waals surface area contributed by atoms with Crippen molar-refractivity contribution in [3.63, 3.8) is 0 Å². The molecule has 6 nitrogen and oxygen atoms in total. The Labute approximate surface area is 173 Å². The molecule has 0 spiro atoms. The summed E-state index contributed by atoms with van der Waals surface area (Å²) in [4.78, 5) is 1.67. The van der Waals surface area contributed by atoms with Crippen LogP contribution in [-0.2, 0) is 16.6 Å². The first-order valence-electron chi connectivity index (χ1n) is 9.21. The molecule has 0 amide bonds. The first-order chi connectivity index (χ1) is 13.3. The Kier molecular flexibility index (Phi) is 8.37. The van der Waals surface area contributed by atoms with E-state index in [1.165, 1.54) is 28.9 Å². The molecule has 3 N–H and O–H groups in total. The zero-order valence-electron chi connectivity index (χ0n) is 16.6. The van der Waals surface area contributed by atoms with Gasteiger partial charge in [-0.1, -0.05) is 36.4 Å². The van der Waals surface area contributed by atoms with Gasteiger partial charge >= 0.3 is 0 Å². The number of anilines is 1. The Balaban J connectivity index is 1.76. The summed E-state index contributed by atoms with van der Waals surface area (Å²) >= 11 is 5.32. The van der Waals surface area contributed by atoms with E-state index in [-0.39, 0.29) is 4.90 Å². The van der Waals surface area contributed by atoms with Gasteiger partial charge in [-0.2, -0.15) is 0 Å². The molecule has 0 aromatic heterocycles. The average molecular weight is 422 g/mol. The van der Waals surface area contributed by atoms with E-state index >= 15 is 0 Å². The highest BCUT2D eigenvalue weighted by Crippen LogP contribution is 2.17. The summed E-state index contributed by atoms with van der Waals surface area (Å²) in [5.41, 5.74) is 1.98. The predicted molar refractivity (Wildman–Crippen MR) is 118 cm³/mol. The number of hydrogen-bond donors (Lipinski definition) is 3. The fourth-order valence-corrected chi connectivity index (χ4v) is 3.91. The molecule has 0 fully saturated rings. The van der Waals surface area contributed by atoms with E-state index in [0.717, 1.165) is 26.1 Å². The van der Waals surface area contributed by atoms with Crippen LogP contribution in [0.15, 0.2) is 59.5 Å². The first kappa shape index (κ1) is 22.3. The normalized spacial score (nSPS) is 12.6. The van der Waals surface area contributed by atoms with E-state index in [9.17, 15) is 8.42 Å². The minimum Gasteiger partial charge on any atom is -0.362 e. The van der Waals surface area contributed by atoms with Crippen molar-refractivity contribution in [2.45, 2.75) is 17.9 Å². The third kappa shape index (κ3) is 6.87. The van der Waals surface area contributed by atoms with Gasteiger partial charge in [0, 0.05) is 38.3 Å². The quantitative estimate of drug-likeness (QED) is 0.421. The summed E-state index contributed by atoms with van der Waals surface area (Å²) in [5.74, 6) is 0. The van der Waals surface area contributed by atoms with E-state index in [1.807, 2.05) is 6.07 Å². The Morgan fingerprint density at radius 3 is 2.50 bits per heavy atom. The molecule has 1 atom stereocenters. The number of rotatable bonds is 9. The standard InChI is InChI=1S/C20H28N4O2S2/c1-23(2)28(25,26)19-12-7-11-18(15-19)22-20(27)21-13-8-14-24(3)16-17-9-5-4-6-10-17/h4-7,9-12,15H,8,13-14,16H2,1-3H3,(H2,21,22,27)/p+1. The van der Waals surface area contributed by atoms with Gasteiger partial charge in [0.1, 0.15) is 6.54 Å². The van der Waals surface area contributed by atoms with E-state index in [2.05, 4.69) is 41.9 Å². The molecule has 0 saturated heterocycles. The topological polar surface area (TPSA) is 65.9 Å². The predicted octanol–water partition coefficient (Wildman–Crippen LogP) is 1.33. The second-order valence-corrected chi connectivity index (χ2v) is 9.48. The van der Waals surface area contributed by atoms with Crippen LogP contribution in [0, 0.1) is 0 Å². The number of quaternary nitrogens is 1. The molecule has 2 aromatic rings. The van der Waals surface area contributed by atoms with Crippen molar-refractivity contribution in [2.24, 2.45) is 0 Å². The highest BCUT2D eigenvalue weighted by molar-refractivity contribution is 7.89. The highest BCUT2D eigenvalue weighted by Gasteiger charge is 2.17. The van der Waals surface area contributed by atoms with Crippen molar-refractivity contribution in [2.75, 3.05) is 39.5 Å². The molecule has 0 bridgehead atoms. The second-order valence-electron chi connectivity index (χ2n) is 6.92. The van der Waals surface area contributed by atoms with Crippen molar-refractivity contribution in [1.29, 1.82) is 0 Å². The van der Waals surface area contributed by atoms with Crippen LogP contribution in [0.25, 0.3) is 0 Å². The highest BCUT2D eigenvalue weighted by atomic mass is 32.2. The molecule has 0 saturated carbocycles. The molecule has 0 aliphatic carbocycles. The van der Waals surface area contributed by atoms with E-state index in [1.54, 1.807) is 24.3 Å². The van der Waals surface area contributed by atoms with Crippen LogP contribution >= 0.6 is 12.2 Å². The summed E-state index contributed by atoms with van der Waals surface area (Å²) in [6.45, 7) is 2.78. The molecule has 8 heteroatoms. The van der Waals surface area contributed by atoms with Crippen LogP contribution in [0.3, 0.4) is 0 Å². The molecule has 1 unspecified atom stereocenters. The molecule has 152 valence electrons. The lowest BCUT2D eigenvalue weighted by atomic mass is 10.2. The summed E-state index contributed by atoms with van der Waals surface area (Å²) in [7, 11) is 1.74. The maximum atomic E-state index is 12.2. The van der Waals surface area contributed by atoms with Gasteiger partial charge in [-0.05, 0) is 30.4 Å². The lowest BCUT2D eigenvalue weighted by Gasteiger charge is -2.16. The number of hydrogen-bond acceptors (Lipinski definition) is 3. The Hall–Kier alpha value is -2.00. The summed E-state index contributed by atoms with van der Waals surface area (Å²) in [5, 5.41) is 6.72. The maximum Gasteiger partial charge on any atom is 0.242 e. The van der Waals surface area contributed by atoms with Crippen molar-refractivity contribution < 1.29 is 13.3 Å². The van der Waals surface area contributed by atoms with Gasteiger partial charge in [-0.25, -0.2) is 12.7 Å². The van der Waals surface area contributed by atoms with Crippen LogP contribution in [0.2, 0.25) is 0 Å². The fraction of sp³-hybridized carbons (Fsp3) is 0.350. The van der Waals surface area contributed by atoms with Gasteiger partial charge in [0.15, 0.2) is 5.11 Å². The van der Waals surface area contributed by atoms with Crippen LogP contribution in [0.1, 0.15) is 12.0 Å². The average Bonchev–Trinajstić information content (AvgIpc) is 2.66. The van der Waals surface area contributed by atoms with Gasteiger partial charge in [0.05, 0.1) is 18.5 Å². The van der Waals surface area contributed by atoms with Gasteiger partial charge in [-0.3, -0.25) is 0 Å². The zero-order chi connectivity index (χ0) is 20.6. The summed E-state index contributed by atoms with van der Waals surface area (Å²) < 4.78 is 25.6. The zero-order valence-corrected chi connectivity index (χ0v) is 18.2. The number of nitrogens with one attached hydrogen (secondary N) is 3. The molecule has 28 heavy (non-hydrogen) atoms. The van der Waals surface area contributed by atoms with Crippen LogP contribution in [0.5, 0.6) is 0 Å². The van der Waals surface area contributed by atoms with E-state index in [4.69, 9.17) is 12.2 Å². The van der Waals surface area contributed by atoms with E-state index in [0.29, 0.717) is 10.8 Å². The molecule has 0 aliphatic rings. The van der Waals surface area contributed by atoms with Crippen LogP contribution < -0.4 is 15.5 Å². The summed E-state index contributed by atoms with van der Waals surface area (Å²) in [6.07, 6.45) is 0.982. The smallest absolute Gasteiger partial charge is 0.242 e. The number of nitrogens with zero attached hydrogens (tertiary/aromatic N) is 1. The molecule has 0 radical (unpaired) electrons. The van der Waals surface area contributed by atoms with Gasteiger partial charge in [0.2, 0.25) is 10.0 Å². The molecular weight excluding hydrogens is 392 g/mol. The van der Waals surface area contributed by atoms with Gasteiger partial charge in [-0.15, -0.1) is 0 Å². The molecule has 2 rings (SSSR count). The van der Waals surface area contributed by atoms with E-state index < -0.39 is 10.0 Å². The lowest BCUT2D eigenvalue weighted by Crippen LogP contribution is -3.07. The number of benzene rings is 2. The largest absolute Gasteiger partial charge is 0.362 e. The van der Waals surface area contributed by atoms with Crippen LogP contribution in [-0.4, -0.2) is 52.1 Å². The third-order valence-corrected chi connectivity index (χ3v) is 6.34. The van der Waals surface area contributed by atoms with Crippen molar-refractivity contribution >= 4 is 33.0 Å². The molecule has 2 aromatic carbocycles. The molecule has 0 heterocycles. The number of sulfonamides is 1. The monoisotopic (exact) mass is 421 g/mol. The van der Waals surface area contributed by atoms with Crippen molar-refractivity contribution in [3.05, 3.63) is 60.2 Å². The van der Waals surface area contributed by atoms with Crippen molar-refractivity contribution in [3.8, 4) is 0 Å². The SMILES string of the molecule is CN(C)S(=O)(=O)c1cccc(NC(=S)NCCC[NH+](C)Cc2ccccc2)c1. The second kappa shape index (κ2) is 10.5. The minimum atomic E-state index is -3.46. The lowest BCUT2D eigenvalue weighted by molar-refractivity contribution is -0.893. The third-order valence-electron chi connectivity index (χ3n) is 4.29. The fourth-order valence-electron chi connectivity index (χ4n) is 2.75. The summed E-state index contributed by atoms with van der Waals surface area (Å²) in [6, 6.07) is 17.1. The maximum absolute atomic E-state index is 12.2. The Bertz CT molecular complexity index is 871. The van der Waals surface area contributed by atoms with Crippen molar-refractivity contribution in [1.82, 2.24) is 9.62 Å². The molecule has 0 aliphatic heterocycles. The minimum absolute atomic E-state index is 0.233. The van der Waals surface area contributed by atoms with Gasteiger partial charge in [0.25, 0.3) is 0 Å². The Morgan fingerprint density at radius 2 is 1.82 bits per heavy atom.